The maximum Gasteiger partial charge on any atom is 0.139 e. The van der Waals surface area contributed by atoms with Crippen LogP contribution in [0.1, 0.15) is 26.7 Å². The normalized spacial score (nSPS) is 20.8. The molecule has 0 spiro atoms. The Hall–Kier alpha value is -0.440. The Morgan fingerprint density at radius 1 is 1.37 bits per heavy atom. The molecule has 0 amide bonds. The van der Waals surface area contributed by atoms with E-state index in [0.717, 1.165) is 25.9 Å². The van der Waals surface area contributed by atoms with Crippen LogP contribution in [0.5, 0.6) is 5.75 Å². The second-order valence-electron chi connectivity index (χ2n) is 5.59. The molecule has 1 aromatic rings. The van der Waals surface area contributed by atoms with E-state index in [4.69, 9.17) is 27.9 Å². The van der Waals surface area contributed by atoms with Crippen LogP contribution in [0.3, 0.4) is 0 Å². The van der Waals surface area contributed by atoms with Gasteiger partial charge in [0.1, 0.15) is 16.9 Å². The van der Waals surface area contributed by atoms with E-state index in [0.29, 0.717) is 27.6 Å². The summed E-state index contributed by atoms with van der Waals surface area (Å²) in [6.45, 7) is 6.54. The first-order valence-corrected chi connectivity index (χ1v) is 7.65. The van der Waals surface area contributed by atoms with Gasteiger partial charge in [0.25, 0.3) is 0 Å². The Labute approximate surface area is 125 Å². The second kappa shape index (κ2) is 6.83. The van der Waals surface area contributed by atoms with E-state index in [1.54, 1.807) is 6.07 Å². The predicted molar refractivity (Wildman–Crippen MR) is 81.3 cm³/mol. The average Bonchev–Trinajstić information content (AvgIpc) is 2.87. The fraction of sp³-hybridized carbons (Fsp3) is 0.600. The lowest BCUT2D eigenvalue weighted by molar-refractivity contribution is 0.120. The lowest BCUT2D eigenvalue weighted by Gasteiger charge is -2.26. The minimum Gasteiger partial charge on any atom is -0.488 e. The molecule has 2 rings (SSSR count). The van der Waals surface area contributed by atoms with Crippen LogP contribution in [-0.2, 0) is 0 Å². The predicted octanol–water partition coefficient (Wildman–Crippen LogP) is 4.40. The molecule has 0 saturated carbocycles. The first-order valence-electron chi connectivity index (χ1n) is 6.89. The van der Waals surface area contributed by atoms with Gasteiger partial charge in [0.05, 0.1) is 5.02 Å². The van der Waals surface area contributed by atoms with Crippen molar-refractivity contribution in [2.45, 2.75) is 32.8 Å². The summed E-state index contributed by atoms with van der Waals surface area (Å²) in [7, 11) is 0. The van der Waals surface area contributed by atoms with Gasteiger partial charge >= 0.3 is 0 Å². The molecular formula is C15H21Cl2NO. The van der Waals surface area contributed by atoms with Crippen LogP contribution in [0.15, 0.2) is 18.2 Å². The first kappa shape index (κ1) is 15.0. The molecule has 1 aliphatic heterocycles. The van der Waals surface area contributed by atoms with Crippen molar-refractivity contribution in [2.75, 3.05) is 13.1 Å². The lowest BCUT2D eigenvalue weighted by atomic mass is 9.93. The van der Waals surface area contributed by atoms with Crippen molar-refractivity contribution in [1.82, 2.24) is 5.32 Å². The molecule has 1 N–H and O–H groups in total. The summed E-state index contributed by atoms with van der Waals surface area (Å²) in [6.07, 6.45) is 2.40. The van der Waals surface area contributed by atoms with Crippen molar-refractivity contribution in [1.29, 1.82) is 0 Å². The topological polar surface area (TPSA) is 21.3 Å². The van der Waals surface area contributed by atoms with Crippen molar-refractivity contribution in [3.05, 3.63) is 28.2 Å². The van der Waals surface area contributed by atoms with Gasteiger partial charge < -0.3 is 10.1 Å². The standard InChI is InChI=1S/C15H21Cl2NO/c1-10(2)8-14(11-6-7-18-9-11)19-13-5-3-4-12(16)15(13)17/h3-5,10-11,14,18H,6-9H2,1-2H3/t11?,14-/m1/s1. The zero-order valence-corrected chi connectivity index (χ0v) is 13.0. The number of ether oxygens (including phenoxy) is 1. The molecule has 1 fully saturated rings. The highest BCUT2D eigenvalue weighted by atomic mass is 35.5. The number of hydrogen-bond acceptors (Lipinski definition) is 2. The Morgan fingerprint density at radius 2 is 2.16 bits per heavy atom. The molecule has 1 unspecified atom stereocenters. The SMILES string of the molecule is CC(C)C[C@@H](Oc1cccc(Cl)c1Cl)C1CCNC1. The van der Waals surface area contributed by atoms with Gasteiger partial charge in [-0.3, -0.25) is 0 Å². The minimum absolute atomic E-state index is 0.200. The maximum absolute atomic E-state index is 6.21. The molecule has 0 bridgehead atoms. The van der Waals surface area contributed by atoms with E-state index in [9.17, 15) is 0 Å². The summed E-state index contributed by atoms with van der Waals surface area (Å²) in [5.41, 5.74) is 0. The number of rotatable bonds is 5. The molecule has 4 heteroatoms. The van der Waals surface area contributed by atoms with Crippen molar-refractivity contribution in [3.8, 4) is 5.75 Å². The monoisotopic (exact) mass is 301 g/mol. The van der Waals surface area contributed by atoms with E-state index >= 15 is 0 Å². The fourth-order valence-electron chi connectivity index (χ4n) is 2.53. The minimum atomic E-state index is 0.200. The Kier molecular flexibility index (Phi) is 5.37. The number of hydrogen-bond donors (Lipinski definition) is 1. The Balaban J connectivity index is 2.12. The smallest absolute Gasteiger partial charge is 0.139 e. The van der Waals surface area contributed by atoms with Crippen molar-refractivity contribution in [2.24, 2.45) is 11.8 Å². The van der Waals surface area contributed by atoms with Gasteiger partial charge in [0, 0.05) is 12.5 Å². The van der Waals surface area contributed by atoms with Crippen LogP contribution < -0.4 is 10.1 Å². The summed E-state index contributed by atoms with van der Waals surface area (Å²) < 4.78 is 6.16. The van der Waals surface area contributed by atoms with Gasteiger partial charge in [0.15, 0.2) is 0 Å². The van der Waals surface area contributed by atoms with E-state index in [1.165, 1.54) is 0 Å². The summed E-state index contributed by atoms with van der Waals surface area (Å²) in [5.74, 6) is 1.85. The molecule has 0 aromatic heterocycles. The Morgan fingerprint density at radius 3 is 2.79 bits per heavy atom. The highest BCUT2D eigenvalue weighted by Crippen LogP contribution is 2.34. The van der Waals surface area contributed by atoms with E-state index in [-0.39, 0.29) is 6.10 Å². The van der Waals surface area contributed by atoms with Gasteiger partial charge in [-0.25, -0.2) is 0 Å². The van der Waals surface area contributed by atoms with Gasteiger partial charge in [-0.15, -0.1) is 0 Å². The fourth-order valence-corrected chi connectivity index (χ4v) is 2.87. The molecule has 1 aromatic carbocycles. The lowest BCUT2D eigenvalue weighted by Crippen LogP contribution is -2.30. The van der Waals surface area contributed by atoms with Gasteiger partial charge in [-0.2, -0.15) is 0 Å². The Bertz CT molecular complexity index is 417. The van der Waals surface area contributed by atoms with Gasteiger partial charge in [0.2, 0.25) is 0 Å². The number of benzene rings is 1. The van der Waals surface area contributed by atoms with E-state index < -0.39 is 0 Å². The van der Waals surface area contributed by atoms with Crippen molar-refractivity contribution >= 4 is 23.2 Å². The molecular weight excluding hydrogens is 281 g/mol. The quantitative estimate of drug-likeness (QED) is 0.870. The highest BCUT2D eigenvalue weighted by Gasteiger charge is 2.27. The summed E-state index contributed by atoms with van der Waals surface area (Å²) in [4.78, 5) is 0. The molecule has 2 atom stereocenters. The van der Waals surface area contributed by atoms with Crippen LogP contribution in [0.2, 0.25) is 10.0 Å². The molecule has 2 nitrogen and oxygen atoms in total. The number of nitrogens with one attached hydrogen (secondary N) is 1. The molecule has 1 heterocycles. The van der Waals surface area contributed by atoms with E-state index in [1.807, 2.05) is 12.1 Å². The summed E-state index contributed by atoms with van der Waals surface area (Å²) >= 11 is 12.2. The van der Waals surface area contributed by atoms with Crippen LogP contribution in [-0.4, -0.2) is 19.2 Å². The first-order chi connectivity index (χ1) is 9.08. The van der Waals surface area contributed by atoms with Crippen LogP contribution >= 0.6 is 23.2 Å². The van der Waals surface area contributed by atoms with E-state index in [2.05, 4.69) is 19.2 Å². The van der Waals surface area contributed by atoms with Crippen LogP contribution in [0.4, 0.5) is 0 Å². The largest absolute Gasteiger partial charge is 0.488 e. The second-order valence-corrected chi connectivity index (χ2v) is 6.38. The maximum atomic E-state index is 6.21. The summed E-state index contributed by atoms with van der Waals surface area (Å²) in [6, 6.07) is 5.55. The van der Waals surface area contributed by atoms with Crippen LogP contribution in [0.25, 0.3) is 0 Å². The zero-order valence-electron chi connectivity index (χ0n) is 11.5. The zero-order chi connectivity index (χ0) is 13.8. The molecule has 0 aliphatic carbocycles. The van der Waals surface area contributed by atoms with Crippen LogP contribution in [0, 0.1) is 11.8 Å². The third-order valence-corrected chi connectivity index (χ3v) is 4.32. The molecule has 19 heavy (non-hydrogen) atoms. The molecule has 1 saturated heterocycles. The average molecular weight is 302 g/mol. The van der Waals surface area contributed by atoms with Gasteiger partial charge in [-0.05, 0) is 37.4 Å². The third-order valence-electron chi connectivity index (χ3n) is 3.52. The van der Waals surface area contributed by atoms with Crippen molar-refractivity contribution < 1.29 is 4.74 Å². The molecule has 1 aliphatic rings. The number of halogens is 2. The third kappa shape index (κ3) is 4.01. The molecule has 106 valence electrons. The van der Waals surface area contributed by atoms with Gasteiger partial charge in [-0.1, -0.05) is 43.1 Å². The summed E-state index contributed by atoms with van der Waals surface area (Å²) in [5, 5.41) is 4.46. The van der Waals surface area contributed by atoms with Crippen molar-refractivity contribution in [3.63, 3.8) is 0 Å². The molecule has 0 radical (unpaired) electrons. The highest BCUT2D eigenvalue weighted by molar-refractivity contribution is 6.42.